The largest absolute Gasteiger partial charge is 0.462 e. The van der Waals surface area contributed by atoms with Crippen LogP contribution in [0.15, 0.2) is 72.8 Å². The minimum Gasteiger partial charge on any atom is -0.462 e. The second-order valence-corrected chi connectivity index (χ2v) is 11.4. The highest BCUT2D eigenvalue weighted by Gasteiger charge is 2.61. The summed E-state index contributed by atoms with van der Waals surface area (Å²) in [4.78, 5) is 41.7. The molecule has 0 spiro atoms. The van der Waals surface area contributed by atoms with Crippen molar-refractivity contribution >= 4 is 23.5 Å². The number of rotatable bonds is 11. The molecule has 40 heavy (non-hydrogen) atoms. The maximum Gasteiger partial charge on any atom is 0.338 e. The van der Waals surface area contributed by atoms with Crippen molar-refractivity contribution < 1.29 is 19.1 Å². The second-order valence-electron chi connectivity index (χ2n) is 11.4. The van der Waals surface area contributed by atoms with Gasteiger partial charge in [0.25, 0.3) is 0 Å². The van der Waals surface area contributed by atoms with Crippen molar-refractivity contribution in [2.24, 2.45) is 11.8 Å². The number of ether oxygens (including phenoxy) is 1. The summed E-state index contributed by atoms with van der Waals surface area (Å²) >= 11 is 0. The third-order valence-corrected chi connectivity index (χ3v) is 9.04. The summed E-state index contributed by atoms with van der Waals surface area (Å²) in [7, 11) is 0. The molecule has 2 bridgehead atoms. The Balaban J connectivity index is 1.12. The van der Waals surface area contributed by atoms with Crippen LogP contribution >= 0.6 is 0 Å². The normalized spacial score (nSPS) is 22.2. The van der Waals surface area contributed by atoms with Crippen molar-refractivity contribution in [3.05, 3.63) is 101 Å². The van der Waals surface area contributed by atoms with Crippen LogP contribution in [0.3, 0.4) is 0 Å². The second kappa shape index (κ2) is 11.4. The van der Waals surface area contributed by atoms with E-state index in [0.29, 0.717) is 17.9 Å². The molecule has 1 heterocycles. The zero-order chi connectivity index (χ0) is 27.6. The van der Waals surface area contributed by atoms with Gasteiger partial charge in [0, 0.05) is 11.8 Å². The number of hydrogen-bond acceptors (Lipinski definition) is 4. The molecule has 0 aromatic heterocycles. The van der Waals surface area contributed by atoms with Crippen LogP contribution in [0.2, 0.25) is 0 Å². The third kappa shape index (κ3) is 4.55. The number of anilines is 1. The van der Waals surface area contributed by atoms with Gasteiger partial charge in [-0.05, 0) is 52.9 Å². The quantitative estimate of drug-likeness (QED) is 0.146. The molecule has 3 aromatic rings. The zero-order valence-electron chi connectivity index (χ0n) is 23.2. The summed E-state index contributed by atoms with van der Waals surface area (Å²) in [6.45, 7) is 2.63. The molecule has 7 rings (SSSR count). The Morgan fingerprint density at radius 3 is 1.57 bits per heavy atom. The molecule has 1 aliphatic heterocycles. The third-order valence-electron chi connectivity index (χ3n) is 9.04. The Labute approximate surface area is 236 Å². The van der Waals surface area contributed by atoms with Gasteiger partial charge in [-0.15, -0.1) is 0 Å². The van der Waals surface area contributed by atoms with Gasteiger partial charge in [0.05, 0.1) is 29.7 Å². The van der Waals surface area contributed by atoms with Gasteiger partial charge in [0.1, 0.15) is 0 Å². The Morgan fingerprint density at radius 1 is 0.650 bits per heavy atom. The molecule has 3 aliphatic carbocycles. The summed E-state index contributed by atoms with van der Waals surface area (Å²) in [5, 5.41) is 0. The van der Waals surface area contributed by atoms with E-state index in [-0.39, 0.29) is 29.6 Å². The lowest BCUT2D eigenvalue weighted by molar-refractivity contribution is -0.122. The first-order chi connectivity index (χ1) is 19.6. The monoisotopic (exact) mass is 535 g/mol. The lowest BCUT2D eigenvalue weighted by Crippen LogP contribution is -2.41. The van der Waals surface area contributed by atoms with Crippen LogP contribution in [0, 0.1) is 11.8 Å². The predicted octanol–water partition coefficient (Wildman–Crippen LogP) is 7.38. The van der Waals surface area contributed by atoms with Crippen molar-refractivity contribution in [3.63, 3.8) is 0 Å². The molecule has 0 radical (unpaired) electrons. The molecule has 1 saturated heterocycles. The van der Waals surface area contributed by atoms with E-state index in [9.17, 15) is 14.4 Å². The average molecular weight is 536 g/mol. The minimum atomic E-state index is -0.418. The number of imide groups is 1. The van der Waals surface area contributed by atoms with E-state index in [2.05, 4.69) is 31.2 Å². The van der Waals surface area contributed by atoms with E-state index in [4.69, 9.17) is 4.74 Å². The van der Waals surface area contributed by atoms with Gasteiger partial charge in [-0.25, -0.2) is 9.69 Å². The first kappa shape index (κ1) is 26.5. The highest BCUT2D eigenvalue weighted by atomic mass is 16.5. The first-order valence-electron chi connectivity index (χ1n) is 14.9. The number of benzene rings is 3. The molecule has 1 fully saturated rings. The van der Waals surface area contributed by atoms with Gasteiger partial charge in [0.2, 0.25) is 11.8 Å². The van der Waals surface area contributed by atoms with Gasteiger partial charge in [-0.3, -0.25) is 9.59 Å². The number of carbonyl (C=O) groups excluding carboxylic acids is 3. The predicted molar refractivity (Wildman–Crippen MR) is 155 cm³/mol. The summed E-state index contributed by atoms with van der Waals surface area (Å²) in [6, 6.07) is 23.2. The molecule has 0 N–H and O–H groups in total. The molecule has 3 aromatic carbocycles. The lowest BCUT2D eigenvalue weighted by atomic mass is 9.55. The smallest absolute Gasteiger partial charge is 0.338 e. The van der Waals surface area contributed by atoms with Crippen LogP contribution in [-0.2, 0) is 14.3 Å². The summed E-state index contributed by atoms with van der Waals surface area (Å²) in [5.74, 6) is -1.77. The molecule has 5 nitrogen and oxygen atoms in total. The van der Waals surface area contributed by atoms with Crippen LogP contribution < -0.4 is 4.90 Å². The molecule has 0 saturated carbocycles. The van der Waals surface area contributed by atoms with Gasteiger partial charge in [-0.1, -0.05) is 100 Å². The topological polar surface area (TPSA) is 63.7 Å². The Morgan fingerprint density at radius 2 is 1.10 bits per heavy atom. The molecular formula is C35H37NO4. The maximum absolute atomic E-state index is 13.9. The highest BCUT2D eigenvalue weighted by molar-refractivity contribution is 6.23. The summed E-state index contributed by atoms with van der Waals surface area (Å²) in [5.41, 5.74) is 5.57. The van der Waals surface area contributed by atoms with E-state index in [1.54, 1.807) is 24.3 Å². The fourth-order valence-corrected chi connectivity index (χ4v) is 7.16. The van der Waals surface area contributed by atoms with Gasteiger partial charge < -0.3 is 4.74 Å². The minimum absolute atomic E-state index is 0.130. The van der Waals surface area contributed by atoms with Crippen molar-refractivity contribution in [1.82, 2.24) is 0 Å². The van der Waals surface area contributed by atoms with E-state index >= 15 is 0 Å². The average Bonchev–Trinajstić information content (AvgIpc) is 3.26. The molecule has 5 heteroatoms. The number of nitrogens with zero attached hydrogens (tertiary/aromatic N) is 1. The highest BCUT2D eigenvalue weighted by Crippen LogP contribution is 2.61. The summed E-state index contributed by atoms with van der Waals surface area (Å²) in [6.07, 6.45) is 9.50. The molecule has 2 amide bonds. The Hall–Kier alpha value is -3.73. The molecular weight excluding hydrogens is 498 g/mol. The van der Waals surface area contributed by atoms with Crippen LogP contribution in [0.25, 0.3) is 0 Å². The van der Waals surface area contributed by atoms with E-state index in [0.717, 1.165) is 35.1 Å². The van der Waals surface area contributed by atoms with Gasteiger partial charge >= 0.3 is 5.97 Å². The molecule has 2 atom stereocenters. The van der Waals surface area contributed by atoms with Gasteiger partial charge in [0.15, 0.2) is 0 Å². The van der Waals surface area contributed by atoms with Crippen LogP contribution in [0.5, 0.6) is 0 Å². The number of esters is 1. The standard InChI is InChI=1S/C35H37NO4/c1-2-3-4-5-6-7-8-13-22-40-35(39)23-18-20-24(21-19-23)36-33(37)31-29-25-14-9-10-15-26(25)30(32(31)34(36)38)28-17-12-11-16-27(28)29/h9-12,14-21,29-32H,2-8,13,22H2,1H3/t29?,30?,31-,32-/m1/s1. The van der Waals surface area contributed by atoms with E-state index < -0.39 is 11.8 Å². The number of hydrogen-bond donors (Lipinski definition) is 0. The van der Waals surface area contributed by atoms with Crippen molar-refractivity contribution in [2.75, 3.05) is 11.5 Å². The van der Waals surface area contributed by atoms with Crippen LogP contribution in [-0.4, -0.2) is 24.4 Å². The fraction of sp³-hybridized carbons (Fsp3) is 0.400. The first-order valence-corrected chi connectivity index (χ1v) is 14.9. The van der Waals surface area contributed by atoms with Crippen molar-refractivity contribution in [1.29, 1.82) is 0 Å². The van der Waals surface area contributed by atoms with Crippen LogP contribution in [0.1, 0.15) is 103 Å². The van der Waals surface area contributed by atoms with Crippen molar-refractivity contribution in [3.8, 4) is 0 Å². The SMILES string of the molecule is CCCCCCCCCCOC(=O)c1ccc(N2C(=O)[C@@H]3C4c5ccccc5C(c5ccccc54)[C@H]3C2=O)cc1. The zero-order valence-corrected chi connectivity index (χ0v) is 23.2. The Kier molecular flexibility index (Phi) is 7.55. The van der Waals surface area contributed by atoms with Gasteiger partial charge in [-0.2, -0.15) is 0 Å². The lowest BCUT2D eigenvalue weighted by Gasteiger charge is -2.45. The summed E-state index contributed by atoms with van der Waals surface area (Å²) < 4.78 is 5.48. The van der Waals surface area contributed by atoms with E-state index in [1.807, 2.05) is 24.3 Å². The van der Waals surface area contributed by atoms with Crippen LogP contribution in [0.4, 0.5) is 5.69 Å². The maximum atomic E-state index is 13.9. The Bertz CT molecular complexity index is 1300. The number of carbonyl (C=O) groups is 3. The number of unbranched alkanes of at least 4 members (excludes halogenated alkanes) is 7. The number of amides is 2. The van der Waals surface area contributed by atoms with Crippen molar-refractivity contribution in [2.45, 2.75) is 70.1 Å². The van der Waals surface area contributed by atoms with E-state index in [1.165, 1.54) is 43.4 Å². The fourth-order valence-electron chi connectivity index (χ4n) is 7.16. The molecule has 0 unspecified atom stereocenters. The molecule has 4 aliphatic rings. The molecule has 206 valence electrons.